The molecule has 0 amide bonds. The Bertz CT molecular complexity index is 273. The van der Waals surface area contributed by atoms with Crippen molar-refractivity contribution in [1.82, 2.24) is 0 Å². The first kappa shape index (κ1) is 8.87. The predicted molar refractivity (Wildman–Crippen MR) is 50.7 cm³/mol. The van der Waals surface area contributed by atoms with E-state index in [1.54, 1.807) is 13.2 Å². The number of benzene rings is 1. The second-order valence-corrected chi connectivity index (χ2v) is 2.77. The third kappa shape index (κ3) is 1.68. The van der Waals surface area contributed by atoms with Crippen LogP contribution in [0.1, 0.15) is 18.6 Å². The Kier molecular flexibility index (Phi) is 2.55. The van der Waals surface area contributed by atoms with Crippen molar-refractivity contribution in [2.45, 2.75) is 13.0 Å². The fourth-order valence-electron chi connectivity index (χ4n) is 1.09. The average molecular weight is 166 g/mol. The molecule has 0 radical (unpaired) electrons. The summed E-state index contributed by atoms with van der Waals surface area (Å²) in [7, 11) is 1.65. The van der Waals surface area contributed by atoms with Gasteiger partial charge in [-0.15, -0.1) is 0 Å². The first-order valence-corrected chi connectivity index (χ1v) is 3.83. The molecule has 1 rings (SSSR count). The zero-order chi connectivity index (χ0) is 9.14. The van der Waals surface area contributed by atoms with Crippen LogP contribution in [0.15, 0.2) is 18.2 Å². The van der Waals surface area contributed by atoms with Crippen LogP contribution in [-0.4, -0.2) is 7.11 Å². The van der Waals surface area contributed by atoms with Gasteiger partial charge < -0.3 is 16.2 Å². The Hall–Kier alpha value is -1.22. The molecule has 0 saturated carbocycles. The summed E-state index contributed by atoms with van der Waals surface area (Å²) in [5.74, 6) is 0. The highest BCUT2D eigenvalue weighted by Gasteiger charge is 2.06. The van der Waals surface area contributed by atoms with Crippen molar-refractivity contribution in [3.8, 4) is 0 Å². The molecule has 3 nitrogen and oxygen atoms in total. The van der Waals surface area contributed by atoms with Gasteiger partial charge in [-0.05, 0) is 19.1 Å². The van der Waals surface area contributed by atoms with Crippen LogP contribution < -0.4 is 11.5 Å². The highest BCUT2D eigenvalue weighted by molar-refractivity contribution is 5.57. The molecule has 12 heavy (non-hydrogen) atoms. The molecule has 0 saturated heterocycles. The van der Waals surface area contributed by atoms with Gasteiger partial charge in [-0.3, -0.25) is 0 Å². The van der Waals surface area contributed by atoms with Crippen LogP contribution in [0.25, 0.3) is 0 Å². The predicted octanol–water partition coefficient (Wildman–Crippen LogP) is 1.56. The number of nitrogen functional groups attached to an aromatic ring is 2. The number of methoxy groups -OCH3 is 1. The van der Waals surface area contributed by atoms with Crippen LogP contribution in [0.4, 0.5) is 11.4 Å². The molecule has 0 fully saturated rings. The average Bonchev–Trinajstić information content (AvgIpc) is 2.03. The topological polar surface area (TPSA) is 61.3 Å². The lowest BCUT2D eigenvalue weighted by atomic mass is 10.1. The zero-order valence-corrected chi connectivity index (χ0v) is 7.37. The lowest BCUT2D eigenvalue weighted by molar-refractivity contribution is 0.120. The fourth-order valence-corrected chi connectivity index (χ4v) is 1.09. The first-order chi connectivity index (χ1) is 5.65. The van der Waals surface area contributed by atoms with Gasteiger partial charge in [0.1, 0.15) is 0 Å². The minimum atomic E-state index is 0.0191. The van der Waals surface area contributed by atoms with Crippen molar-refractivity contribution in [3.63, 3.8) is 0 Å². The summed E-state index contributed by atoms with van der Waals surface area (Å²) in [6.45, 7) is 1.95. The quantitative estimate of drug-likeness (QED) is 0.655. The summed E-state index contributed by atoms with van der Waals surface area (Å²) in [5, 5.41) is 0. The monoisotopic (exact) mass is 166 g/mol. The molecule has 1 aromatic rings. The molecule has 0 aliphatic carbocycles. The minimum absolute atomic E-state index is 0.0191. The van der Waals surface area contributed by atoms with Gasteiger partial charge in [-0.25, -0.2) is 0 Å². The van der Waals surface area contributed by atoms with Crippen LogP contribution in [-0.2, 0) is 4.74 Å². The molecule has 0 aliphatic rings. The number of anilines is 2. The molecule has 0 aromatic heterocycles. The van der Waals surface area contributed by atoms with Gasteiger partial charge in [0, 0.05) is 24.0 Å². The van der Waals surface area contributed by atoms with E-state index in [0.29, 0.717) is 11.4 Å². The van der Waals surface area contributed by atoms with E-state index in [0.717, 1.165) is 5.56 Å². The summed E-state index contributed by atoms with van der Waals surface area (Å²) in [6, 6.07) is 5.45. The van der Waals surface area contributed by atoms with Crippen molar-refractivity contribution >= 4 is 11.4 Å². The Labute approximate surface area is 72.3 Å². The Balaban J connectivity index is 3.01. The van der Waals surface area contributed by atoms with Gasteiger partial charge in [0.05, 0.1) is 6.10 Å². The minimum Gasteiger partial charge on any atom is -0.399 e. The van der Waals surface area contributed by atoms with E-state index in [1.165, 1.54) is 0 Å². The third-order valence-corrected chi connectivity index (χ3v) is 1.90. The standard InChI is InChI=1S/C9H14N2O/c1-6(12-2)8-4-3-7(10)5-9(8)11/h3-6H,10-11H2,1-2H3. The Morgan fingerprint density at radius 2 is 2.00 bits per heavy atom. The molecule has 1 unspecified atom stereocenters. The van der Waals surface area contributed by atoms with Gasteiger partial charge in [0.25, 0.3) is 0 Å². The summed E-state index contributed by atoms with van der Waals surface area (Å²) in [6.07, 6.45) is 0.0191. The molecule has 3 heteroatoms. The van der Waals surface area contributed by atoms with Crippen molar-refractivity contribution in [3.05, 3.63) is 23.8 Å². The lowest BCUT2D eigenvalue weighted by Crippen LogP contribution is -2.01. The fraction of sp³-hybridized carbons (Fsp3) is 0.333. The highest BCUT2D eigenvalue weighted by Crippen LogP contribution is 2.24. The van der Waals surface area contributed by atoms with Crippen LogP contribution in [0, 0.1) is 0 Å². The first-order valence-electron chi connectivity index (χ1n) is 3.83. The van der Waals surface area contributed by atoms with Crippen molar-refractivity contribution in [2.75, 3.05) is 18.6 Å². The molecule has 0 heterocycles. The highest BCUT2D eigenvalue weighted by atomic mass is 16.5. The van der Waals surface area contributed by atoms with E-state index < -0.39 is 0 Å². The number of rotatable bonds is 2. The van der Waals surface area contributed by atoms with E-state index >= 15 is 0 Å². The molecule has 1 aromatic carbocycles. The van der Waals surface area contributed by atoms with Gasteiger partial charge in [-0.1, -0.05) is 6.07 Å². The van der Waals surface area contributed by atoms with Gasteiger partial charge in [0.15, 0.2) is 0 Å². The second-order valence-electron chi connectivity index (χ2n) is 2.77. The molecular weight excluding hydrogens is 152 g/mol. The molecule has 0 spiro atoms. The van der Waals surface area contributed by atoms with Crippen LogP contribution in [0.5, 0.6) is 0 Å². The summed E-state index contributed by atoms with van der Waals surface area (Å²) in [4.78, 5) is 0. The largest absolute Gasteiger partial charge is 0.399 e. The van der Waals surface area contributed by atoms with E-state index in [2.05, 4.69) is 0 Å². The van der Waals surface area contributed by atoms with E-state index in [9.17, 15) is 0 Å². The van der Waals surface area contributed by atoms with Gasteiger partial charge in [-0.2, -0.15) is 0 Å². The number of ether oxygens (including phenoxy) is 1. The van der Waals surface area contributed by atoms with E-state index in [4.69, 9.17) is 16.2 Å². The Morgan fingerprint density at radius 3 is 2.50 bits per heavy atom. The lowest BCUT2D eigenvalue weighted by Gasteiger charge is -2.12. The molecule has 1 atom stereocenters. The van der Waals surface area contributed by atoms with E-state index in [1.807, 2.05) is 19.1 Å². The van der Waals surface area contributed by atoms with Crippen LogP contribution in [0.3, 0.4) is 0 Å². The molecule has 0 aliphatic heterocycles. The smallest absolute Gasteiger partial charge is 0.0812 e. The maximum atomic E-state index is 5.74. The SMILES string of the molecule is COC(C)c1ccc(N)cc1N. The third-order valence-electron chi connectivity index (χ3n) is 1.90. The normalized spacial score (nSPS) is 12.8. The van der Waals surface area contributed by atoms with Crippen molar-refractivity contribution in [2.24, 2.45) is 0 Å². The summed E-state index contributed by atoms with van der Waals surface area (Å²) in [5.41, 5.74) is 13.6. The maximum Gasteiger partial charge on any atom is 0.0812 e. The van der Waals surface area contributed by atoms with Crippen molar-refractivity contribution in [1.29, 1.82) is 0 Å². The number of hydrogen-bond acceptors (Lipinski definition) is 3. The number of nitrogens with two attached hydrogens (primary N) is 2. The van der Waals surface area contributed by atoms with Crippen molar-refractivity contribution < 1.29 is 4.74 Å². The molecular formula is C9H14N2O. The van der Waals surface area contributed by atoms with Crippen LogP contribution >= 0.6 is 0 Å². The molecule has 4 N–H and O–H groups in total. The van der Waals surface area contributed by atoms with Crippen LogP contribution in [0.2, 0.25) is 0 Å². The Morgan fingerprint density at radius 1 is 1.33 bits per heavy atom. The number of hydrogen-bond donors (Lipinski definition) is 2. The van der Waals surface area contributed by atoms with Gasteiger partial charge in [0.2, 0.25) is 0 Å². The summed E-state index contributed by atoms with van der Waals surface area (Å²) >= 11 is 0. The molecule has 66 valence electrons. The maximum absolute atomic E-state index is 5.74. The summed E-state index contributed by atoms with van der Waals surface area (Å²) < 4.78 is 5.14. The molecule has 0 bridgehead atoms. The zero-order valence-electron chi connectivity index (χ0n) is 7.37. The van der Waals surface area contributed by atoms with E-state index in [-0.39, 0.29) is 6.10 Å². The second kappa shape index (κ2) is 3.45. The van der Waals surface area contributed by atoms with Gasteiger partial charge >= 0.3 is 0 Å².